The summed E-state index contributed by atoms with van der Waals surface area (Å²) < 4.78 is 5.47. The maximum atomic E-state index is 12.4. The molecule has 0 saturated heterocycles. The topological polar surface area (TPSA) is 105 Å². The van der Waals surface area contributed by atoms with Crippen LogP contribution < -0.4 is 10.6 Å². The van der Waals surface area contributed by atoms with Crippen LogP contribution in [-0.2, 0) is 14.3 Å². The van der Waals surface area contributed by atoms with Crippen LogP contribution in [0.3, 0.4) is 0 Å². The minimum Gasteiger partial charge on any atom is -0.481 e. The highest BCUT2D eigenvalue weighted by atomic mass is 16.5. The van der Waals surface area contributed by atoms with Gasteiger partial charge < -0.3 is 20.5 Å². The molecule has 2 aromatic rings. The second-order valence-corrected chi connectivity index (χ2v) is 9.74. The smallest absolute Gasteiger partial charge is 0.407 e. The van der Waals surface area contributed by atoms with E-state index in [1.54, 1.807) is 0 Å². The van der Waals surface area contributed by atoms with E-state index in [0.717, 1.165) is 22.3 Å². The number of hydrogen-bond donors (Lipinski definition) is 3. The molecule has 2 atom stereocenters. The molecular weight excluding hydrogens is 420 g/mol. The van der Waals surface area contributed by atoms with Crippen molar-refractivity contribution in [2.45, 2.75) is 46.1 Å². The Labute approximate surface area is 194 Å². The molecule has 2 aromatic carbocycles. The van der Waals surface area contributed by atoms with Crippen molar-refractivity contribution in [3.05, 3.63) is 59.7 Å². The standard InChI is InChI=1S/C26H32N2O5/c1-16(23(29)27-14-17(24(30)31)13-26(2,3)4)28-25(32)33-15-22-20-11-7-5-9-18(20)19-10-6-8-12-21(19)22/h5-12,16-17,22H,13-15H2,1-4H3,(H,27,29)(H,28,32)(H,30,31). The van der Waals surface area contributed by atoms with Crippen molar-refractivity contribution in [2.75, 3.05) is 13.2 Å². The number of carbonyl (C=O) groups is 3. The van der Waals surface area contributed by atoms with Crippen molar-refractivity contribution in [1.29, 1.82) is 0 Å². The Morgan fingerprint density at radius 3 is 2.06 bits per heavy atom. The Morgan fingerprint density at radius 2 is 1.55 bits per heavy atom. The van der Waals surface area contributed by atoms with E-state index in [4.69, 9.17) is 4.74 Å². The zero-order chi connectivity index (χ0) is 24.2. The number of hydrogen-bond acceptors (Lipinski definition) is 4. The highest BCUT2D eigenvalue weighted by molar-refractivity contribution is 5.85. The Balaban J connectivity index is 1.53. The summed E-state index contributed by atoms with van der Waals surface area (Å²) in [4.78, 5) is 36.2. The number of fused-ring (bicyclic) bond motifs is 3. The quantitative estimate of drug-likeness (QED) is 0.558. The summed E-state index contributed by atoms with van der Waals surface area (Å²) in [6.45, 7) is 7.55. The van der Waals surface area contributed by atoms with Gasteiger partial charge in [-0.3, -0.25) is 9.59 Å². The minimum atomic E-state index is -0.956. The van der Waals surface area contributed by atoms with Gasteiger partial charge in [0.15, 0.2) is 0 Å². The first-order valence-electron chi connectivity index (χ1n) is 11.2. The number of alkyl carbamates (subject to hydrolysis) is 1. The van der Waals surface area contributed by atoms with Gasteiger partial charge in [0.2, 0.25) is 5.91 Å². The summed E-state index contributed by atoms with van der Waals surface area (Å²) in [5.74, 6) is -2.18. The van der Waals surface area contributed by atoms with E-state index in [1.165, 1.54) is 6.92 Å². The lowest BCUT2D eigenvalue weighted by atomic mass is 9.84. The van der Waals surface area contributed by atoms with Crippen LogP contribution in [0.1, 0.15) is 51.2 Å². The van der Waals surface area contributed by atoms with Crippen molar-refractivity contribution in [1.82, 2.24) is 10.6 Å². The molecule has 1 aliphatic rings. The Hall–Kier alpha value is -3.35. The average molecular weight is 453 g/mol. The molecule has 1 aliphatic carbocycles. The number of benzene rings is 2. The third-order valence-corrected chi connectivity index (χ3v) is 5.80. The molecule has 33 heavy (non-hydrogen) atoms. The Morgan fingerprint density at radius 1 is 1.00 bits per heavy atom. The number of nitrogens with one attached hydrogen (secondary N) is 2. The molecule has 0 aromatic heterocycles. The molecule has 7 nitrogen and oxygen atoms in total. The molecule has 0 bridgehead atoms. The van der Waals surface area contributed by atoms with Gasteiger partial charge in [-0.05, 0) is 41.0 Å². The molecular formula is C26H32N2O5. The van der Waals surface area contributed by atoms with Crippen LogP contribution >= 0.6 is 0 Å². The van der Waals surface area contributed by atoms with Gasteiger partial charge in [-0.25, -0.2) is 4.79 Å². The van der Waals surface area contributed by atoms with Gasteiger partial charge in [-0.2, -0.15) is 0 Å². The summed E-state index contributed by atoms with van der Waals surface area (Å²) in [7, 11) is 0. The number of carboxylic acids is 1. The van der Waals surface area contributed by atoms with E-state index in [0.29, 0.717) is 6.42 Å². The van der Waals surface area contributed by atoms with Crippen LogP contribution in [-0.4, -0.2) is 42.3 Å². The van der Waals surface area contributed by atoms with Gasteiger partial charge in [0, 0.05) is 12.5 Å². The van der Waals surface area contributed by atoms with Gasteiger partial charge in [-0.15, -0.1) is 0 Å². The maximum absolute atomic E-state index is 12.4. The molecule has 7 heteroatoms. The van der Waals surface area contributed by atoms with Gasteiger partial charge in [0.1, 0.15) is 12.6 Å². The van der Waals surface area contributed by atoms with E-state index in [2.05, 4.69) is 22.8 Å². The van der Waals surface area contributed by atoms with E-state index in [-0.39, 0.29) is 24.5 Å². The zero-order valence-electron chi connectivity index (χ0n) is 19.6. The number of carbonyl (C=O) groups excluding carboxylic acids is 2. The fourth-order valence-electron chi connectivity index (χ4n) is 4.25. The van der Waals surface area contributed by atoms with E-state index < -0.39 is 29.9 Å². The van der Waals surface area contributed by atoms with Crippen molar-refractivity contribution in [3.8, 4) is 11.1 Å². The number of ether oxygens (including phenoxy) is 1. The predicted octanol–water partition coefficient (Wildman–Crippen LogP) is 4.17. The monoisotopic (exact) mass is 452 g/mol. The summed E-state index contributed by atoms with van der Waals surface area (Å²) in [5.41, 5.74) is 4.31. The highest BCUT2D eigenvalue weighted by Gasteiger charge is 2.30. The maximum Gasteiger partial charge on any atom is 0.407 e. The molecule has 2 unspecified atom stereocenters. The van der Waals surface area contributed by atoms with Crippen LogP contribution in [0.5, 0.6) is 0 Å². The Bertz CT molecular complexity index is 982. The number of aliphatic carboxylic acids is 1. The lowest BCUT2D eigenvalue weighted by Crippen LogP contribution is -2.47. The molecule has 176 valence electrons. The van der Waals surface area contributed by atoms with Gasteiger partial charge in [0.05, 0.1) is 5.92 Å². The molecule has 0 radical (unpaired) electrons. The molecule has 0 aliphatic heterocycles. The first kappa shape index (κ1) is 24.3. The SMILES string of the molecule is CC(NC(=O)OCC1c2ccccc2-c2ccccc21)C(=O)NCC(CC(C)(C)C)C(=O)O. The molecule has 0 fully saturated rings. The second kappa shape index (κ2) is 10.1. The van der Waals surface area contributed by atoms with E-state index >= 15 is 0 Å². The largest absolute Gasteiger partial charge is 0.481 e. The first-order chi connectivity index (χ1) is 15.6. The molecule has 2 amide bonds. The van der Waals surface area contributed by atoms with Crippen LogP contribution in [0.15, 0.2) is 48.5 Å². The van der Waals surface area contributed by atoms with Crippen LogP contribution in [0.2, 0.25) is 0 Å². The predicted molar refractivity (Wildman–Crippen MR) is 126 cm³/mol. The summed E-state index contributed by atoms with van der Waals surface area (Å²) >= 11 is 0. The fourth-order valence-corrected chi connectivity index (χ4v) is 4.25. The van der Waals surface area contributed by atoms with Crippen LogP contribution in [0.4, 0.5) is 4.79 Å². The number of amides is 2. The van der Waals surface area contributed by atoms with E-state index in [9.17, 15) is 19.5 Å². The highest BCUT2D eigenvalue weighted by Crippen LogP contribution is 2.44. The van der Waals surface area contributed by atoms with Crippen molar-refractivity contribution in [2.24, 2.45) is 11.3 Å². The van der Waals surface area contributed by atoms with Crippen molar-refractivity contribution >= 4 is 18.0 Å². The zero-order valence-corrected chi connectivity index (χ0v) is 19.6. The van der Waals surface area contributed by atoms with Gasteiger partial charge in [-0.1, -0.05) is 69.3 Å². The normalized spacial score (nSPS) is 14.5. The lowest BCUT2D eigenvalue weighted by molar-refractivity contribution is -0.142. The number of carboxylic acid groups (broad SMARTS) is 1. The van der Waals surface area contributed by atoms with Gasteiger partial charge in [0.25, 0.3) is 0 Å². The second-order valence-electron chi connectivity index (χ2n) is 9.74. The van der Waals surface area contributed by atoms with Crippen LogP contribution in [0.25, 0.3) is 11.1 Å². The molecule has 0 spiro atoms. The van der Waals surface area contributed by atoms with Crippen molar-refractivity contribution in [3.63, 3.8) is 0 Å². The van der Waals surface area contributed by atoms with Gasteiger partial charge >= 0.3 is 12.1 Å². The fraction of sp³-hybridized carbons (Fsp3) is 0.423. The number of rotatable bonds is 8. The van der Waals surface area contributed by atoms with Crippen molar-refractivity contribution < 1.29 is 24.2 Å². The Kier molecular flexibility index (Phi) is 7.41. The lowest BCUT2D eigenvalue weighted by Gasteiger charge is -2.24. The summed E-state index contributed by atoms with van der Waals surface area (Å²) in [6.07, 6.45) is -0.263. The third kappa shape index (κ3) is 6.12. The molecule has 0 heterocycles. The van der Waals surface area contributed by atoms with E-state index in [1.807, 2.05) is 57.2 Å². The first-order valence-corrected chi connectivity index (χ1v) is 11.2. The summed E-state index contributed by atoms with van der Waals surface area (Å²) in [5, 5.41) is 14.6. The minimum absolute atomic E-state index is 0.00213. The summed E-state index contributed by atoms with van der Waals surface area (Å²) in [6, 6.07) is 15.2. The average Bonchev–Trinajstić information content (AvgIpc) is 3.07. The molecule has 3 N–H and O–H groups in total. The molecule has 3 rings (SSSR count). The van der Waals surface area contributed by atoms with Crippen LogP contribution in [0, 0.1) is 11.3 Å². The third-order valence-electron chi connectivity index (χ3n) is 5.80. The molecule has 0 saturated carbocycles.